The number of hydrogen-bond donors (Lipinski definition) is 1. The van der Waals surface area contributed by atoms with Crippen molar-refractivity contribution >= 4 is 27.5 Å². The van der Waals surface area contributed by atoms with Crippen LogP contribution in [0.1, 0.15) is 49.8 Å². The van der Waals surface area contributed by atoms with E-state index in [1.807, 2.05) is 76.2 Å². The first-order valence-electron chi connectivity index (χ1n) is 12.2. The van der Waals surface area contributed by atoms with E-state index in [4.69, 9.17) is 0 Å². The van der Waals surface area contributed by atoms with Gasteiger partial charge in [-0.05, 0) is 49.8 Å². The highest BCUT2D eigenvalue weighted by atomic mass is 32.2. The minimum absolute atomic E-state index is 0.208. The minimum Gasteiger partial charge on any atom is -0.354 e. The van der Waals surface area contributed by atoms with Crippen molar-refractivity contribution in [2.45, 2.75) is 59.4 Å². The Morgan fingerprint density at radius 3 is 2.14 bits per heavy atom. The highest BCUT2D eigenvalue weighted by Crippen LogP contribution is 2.27. The van der Waals surface area contributed by atoms with Crippen molar-refractivity contribution < 1.29 is 18.0 Å². The lowest BCUT2D eigenvalue weighted by Crippen LogP contribution is -2.53. The van der Waals surface area contributed by atoms with E-state index >= 15 is 0 Å². The maximum absolute atomic E-state index is 13.7. The first kappa shape index (κ1) is 28.4. The molecular formula is C27H39N3O4S. The van der Waals surface area contributed by atoms with Gasteiger partial charge in [0.15, 0.2) is 0 Å². The third-order valence-corrected chi connectivity index (χ3v) is 7.18. The molecule has 1 N–H and O–H groups in total. The van der Waals surface area contributed by atoms with E-state index in [2.05, 4.69) is 5.32 Å². The Hall–Kier alpha value is -2.87. The van der Waals surface area contributed by atoms with E-state index in [1.165, 1.54) is 0 Å². The first-order valence-corrected chi connectivity index (χ1v) is 14.1. The number of amides is 2. The van der Waals surface area contributed by atoms with Crippen molar-refractivity contribution in [3.63, 3.8) is 0 Å². The number of aryl methyl sites for hydroxylation is 2. The van der Waals surface area contributed by atoms with Crippen LogP contribution in [-0.2, 0) is 26.0 Å². The number of nitrogens with one attached hydrogen (secondary N) is 1. The molecule has 0 aliphatic carbocycles. The lowest BCUT2D eigenvalue weighted by atomic mass is 10.1. The van der Waals surface area contributed by atoms with Crippen LogP contribution in [0, 0.1) is 13.8 Å². The predicted octanol–water partition coefficient (Wildman–Crippen LogP) is 3.84. The number of unbranched alkanes of at least 4 members (excludes halogenated alkanes) is 1. The predicted molar refractivity (Wildman–Crippen MR) is 142 cm³/mol. The van der Waals surface area contributed by atoms with Gasteiger partial charge in [-0.15, -0.1) is 0 Å². The van der Waals surface area contributed by atoms with Crippen molar-refractivity contribution in [2.75, 3.05) is 30.2 Å². The van der Waals surface area contributed by atoms with Gasteiger partial charge in [0.1, 0.15) is 12.6 Å². The van der Waals surface area contributed by atoms with Crippen molar-refractivity contribution in [2.24, 2.45) is 0 Å². The molecule has 0 spiro atoms. The first-order chi connectivity index (χ1) is 16.6. The largest absolute Gasteiger partial charge is 0.354 e. The van der Waals surface area contributed by atoms with E-state index < -0.39 is 22.0 Å². The van der Waals surface area contributed by atoms with Crippen LogP contribution in [0.4, 0.5) is 5.69 Å². The van der Waals surface area contributed by atoms with Crippen LogP contribution in [0.2, 0.25) is 0 Å². The van der Waals surface area contributed by atoms with Crippen LogP contribution in [0.25, 0.3) is 0 Å². The molecule has 0 heterocycles. The van der Waals surface area contributed by atoms with Crippen molar-refractivity contribution in [3.05, 3.63) is 65.2 Å². The molecule has 0 radical (unpaired) electrons. The van der Waals surface area contributed by atoms with Gasteiger partial charge in [0, 0.05) is 13.1 Å². The Labute approximate surface area is 210 Å². The van der Waals surface area contributed by atoms with Gasteiger partial charge >= 0.3 is 0 Å². The summed E-state index contributed by atoms with van der Waals surface area (Å²) < 4.78 is 26.8. The second-order valence-corrected chi connectivity index (χ2v) is 10.8. The smallest absolute Gasteiger partial charge is 0.244 e. The molecule has 0 fully saturated rings. The van der Waals surface area contributed by atoms with E-state index in [0.29, 0.717) is 31.6 Å². The highest BCUT2D eigenvalue weighted by molar-refractivity contribution is 7.92. The SMILES string of the molecule is CCCCNC(=O)C(CC)N(CCc1ccccc1)C(=O)CN(c1c(C)cccc1C)S(C)(=O)=O. The molecule has 2 rings (SSSR count). The molecule has 0 saturated heterocycles. The molecule has 2 aromatic carbocycles. The molecule has 1 unspecified atom stereocenters. The standard InChI is InChI=1S/C27H39N3O4S/c1-6-8-18-28-27(32)24(7-2)29(19-17-23-15-10-9-11-16-23)25(31)20-30(35(5,33)34)26-21(3)13-12-14-22(26)4/h9-16,24H,6-8,17-20H2,1-5H3,(H,28,32). The van der Waals surface area contributed by atoms with Gasteiger partial charge < -0.3 is 10.2 Å². The molecule has 0 aromatic heterocycles. The third kappa shape index (κ3) is 8.09. The number of carbonyl (C=O) groups excluding carboxylic acids is 2. The fourth-order valence-electron chi connectivity index (χ4n) is 4.18. The summed E-state index contributed by atoms with van der Waals surface area (Å²) in [7, 11) is -3.74. The van der Waals surface area contributed by atoms with Gasteiger partial charge in [-0.25, -0.2) is 8.42 Å². The van der Waals surface area contributed by atoms with Gasteiger partial charge in [-0.2, -0.15) is 0 Å². The molecule has 0 bridgehead atoms. The van der Waals surface area contributed by atoms with Crippen LogP contribution in [0.15, 0.2) is 48.5 Å². The zero-order valence-electron chi connectivity index (χ0n) is 21.6. The second kappa shape index (κ2) is 13.3. The fourth-order valence-corrected chi connectivity index (χ4v) is 5.14. The molecular weight excluding hydrogens is 462 g/mol. The van der Waals surface area contributed by atoms with Gasteiger partial charge in [-0.3, -0.25) is 13.9 Å². The quantitative estimate of drug-likeness (QED) is 0.423. The topological polar surface area (TPSA) is 86.8 Å². The molecule has 0 aliphatic heterocycles. The van der Waals surface area contributed by atoms with E-state index in [-0.39, 0.29) is 12.5 Å². The zero-order chi connectivity index (χ0) is 26.0. The summed E-state index contributed by atoms with van der Waals surface area (Å²) in [6.07, 6.45) is 3.91. The minimum atomic E-state index is -3.74. The van der Waals surface area contributed by atoms with E-state index in [9.17, 15) is 18.0 Å². The molecule has 2 amide bonds. The van der Waals surface area contributed by atoms with Crippen molar-refractivity contribution in [1.82, 2.24) is 10.2 Å². The van der Waals surface area contributed by atoms with Crippen molar-refractivity contribution in [1.29, 1.82) is 0 Å². The normalized spacial score (nSPS) is 12.1. The Morgan fingerprint density at radius 1 is 0.971 bits per heavy atom. The van der Waals surface area contributed by atoms with Gasteiger partial charge in [-0.1, -0.05) is 68.8 Å². The average Bonchev–Trinajstić information content (AvgIpc) is 2.81. The maximum Gasteiger partial charge on any atom is 0.244 e. The number of hydrogen-bond acceptors (Lipinski definition) is 4. The van der Waals surface area contributed by atoms with Gasteiger partial charge in [0.05, 0.1) is 11.9 Å². The molecule has 35 heavy (non-hydrogen) atoms. The summed E-state index contributed by atoms with van der Waals surface area (Å²) >= 11 is 0. The Kier molecular flexibility index (Phi) is 10.8. The summed E-state index contributed by atoms with van der Waals surface area (Å²) in [5, 5.41) is 2.94. The highest BCUT2D eigenvalue weighted by Gasteiger charge is 2.32. The van der Waals surface area contributed by atoms with Gasteiger partial charge in [0.25, 0.3) is 0 Å². The number of para-hydroxylation sites is 1. The summed E-state index contributed by atoms with van der Waals surface area (Å²) in [6.45, 7) is 8.07. The van der Waals surface area contributed by atoms with Crippen LogP contribution in [0.3, 0.4) is 0 Å². The number of sulfonamides is 1. The molecule has 0 aliphatic rings. The molecule has 2 aromatic rings. The summed E-state index contributed by atoms with van der Waals surface area (Å²) in [5.41, 5.74) is 3.08. The molecule has 192 valence electrons. The molecule has 7 nitrogen and oxygen atoms in total. The second-order valence-electron chi connectivity index (χ2n) is 8.90. The van der Waals surface area contributed by atoms with Crippen molar-refractivity contribution in [3.8, 4) is 0 Å². The van der Waals surface area contributed by atoms with Crippen LogP contribution < -0.4 is 9.62 Å². The Morgan fingerprint density at radius 2 is 1.60 bits per heavy atom. The lowest BCUT2D eigenvalue weighted by molar-refractivity contribution is -0.139. The van der Waals surface area contributed by atoms with Crippen LogP contribution in [-0.4, -0.2) is 57.1 Å². The Bertz CT molecular complexity index is 1070. The molecule has 8 heteroatoms. The zero-order valence-corrected chi connectivity index (χ0v) is 22.4. The average molecular weight is 502 g/mol. The van der Waals surface area contributed by atoms with Crippen LogP contribution >= 0.6 is 0 Å². The summed E-state index contributed by atoms with van der Waals surface area (Å²) in [4.78, 5) is 28.3. The Balaban J connectivity index is 2.38. The molecule has 0 saturated carbocycles. The third-order valence-electron chi connectivity index (χ3n) is 6.07. The number of benzene rings is 2. The lowest BCUT2D eigenvalue weighted by Gasteiger charge is -2.33. The fraction of sp³-hybridized carbons (Fsp3) is 0.481. The number of nitrogens with zero attached hydrogens (tertiary/aromatic N) is 2. The number of carbonyl (C=O) groups is 2. The monoisotopic (exact) mass is 501 g/mol. The van der Waals surface area contributed by atoms with Crippen LogP contribution in [0.5, 0.6) is 0 Å². The van der Waals surface area contributed by atoms with Gasteiger partial charge in [0.2, 0.25) is 21.8 Å². The van der Waals surface area contributed by atoms with E-state index in [0.717, 1.165) is 40.1 Å². The number of rotatable bonds is 13. The summed E-state index contributed by atoms with van der Waals surface area (Å²) in [5.74, 6) is -0.605. The van der Waals surface area contributed by atoms with E-state index in [1.54, 1.807) is 4.90 Å². The summed E-state index contributed by atoms with van der Waals surface area (Å²) in [6, 6.07) is 14.6. The maximum atomic E-state index is 13.7. The number of anilines is 1. The molecule has 1 atom stereocenters.